The average Bonchev–Trinajstić information content (AvgIpc) is 3.03. The van der Waals surface area contributed by atoms with Gasteiger partial charge in [0, 0.05) is 17.7 Å². The molecule has 2 rings (SSSR count). The first-order valence-electron chi connectivity index (χ1n) is 6.42. The molecule has 100 valence electrons. The summed E-state index contributed by atoms with van der Waals surface area (Å²) in [5, 5.41) is 3.24. The molecule has 4 heteroatoms. The van der Waals surface area contributed by atoms with E-state index in [4.69, 9.17) is 0 Å². The smallest absolute Gasteiger partial charge is 0.161 e. The number of hydrogen-bond acceptors (Lipinski definition) is 1. The Kier molecular flexibility index (Phi) is 3.95. The van der Waals surface area contributed by atoms with Gasteiger partial charge in [0.15, 0.2) is 11.6 Å². The molecule has 1 fully saturated rings. The molecule has 1 nitrogen and oxygen atoms in total. The Labute approximate surface area is 105 Å². The van der Waals surface area contributed by atoms with Crippen LogP contribution in [0.3, 0.4) is 0 Å². The Morgan fingerprint density at radius 3 is 2.39 bits per heavy atom. The number of hydrogen-bond donors (Lipinski definition) is 1. The Hall–Kier alpha value is -1.03. The van der Waals surface area contributed by atoms with Gasteiger partial charge in [-0.05, 0) is 37.3 Å². The van der Waals surface area contributed by atoms with Crippen LogP contribution in [0.1, 0.15) is 38.3 Å². The second-order valence-electron chi connectivity index (χ2n) is 5.10. The third-order valence-corrected chi connectivity index (χ3v) is 3.59. The molecule has 0 bridgehead atoms. The van der Waals surface area contributed by atoms with Crippen LogP contribution < -0.4 is 5.32 Å². The van der Waals surface area contributed by atoms with Gasteiger partial charge < -0.3 is 5.32 Å². The highest BCUT2D eigenvalue weighted by atomic mass is 19.2. The van der Waals surface area contributed by atoms with E-state index in [9.17, 15) is 13.2 Å². The molecule has 0 radical (unpaired) electrons. The lowest BCUT2D eigenvalue weighted by Gasteiger charge is -2.20. The molecular formula is C14H18F3N. The van der Waals surface area contributed by atoms with Crippen molar-refractivity contribution in [2.45, 2.75) is 32.7 Å². The van der Waals surface area contributed by atoms with Crippen LogP contribution in [-0.2, 0) is 0 Å². The van der Waals surface area contributed by atoms with Gasteiger partial charge in [-0.1, -0.05) is 13.8 Å². The number of benzene rings is 1. The molecule has 0 aromatic heterocycles. The van der Waals surface area contributed by atoms with E-state index < -0.39 is 17.5 Å². The Morgan fingerprint density at radius 2 is 1.83 bits per heavy atom. The van der Waals surface area contributed by atoms with Gasteiger partial charge in [0.1, 0.15) is 5.82 Å². The summed E-state index contributed by atoms with van der Waals surface area (Å²) in [5.41, 5.74) is 0.247. The minimum absolute atomic E-state index is 0.213. The lowest BCUT2D eigenvalue weighted by molar-refractivity contribution is 0.429. The van der Waals surface area contributed by atoms with Crippen molar-refractivity contribution >= 4 is 0 Å². The molecule has 0 spiro atoms. The summed E-state index contributed by atoms with van der Waals surface area (Å²) in [4.78, 5) is 0. The first-order chi connectivity index (χ1) is 8.54. The van der Waals surface area contributed by atoms with Crippen molar-refractivity contribution in [3.63, 3.8) is 0 Å². The zero-order chi connectivity index (χ0) is 13.3. The Morgan fingerprint density at radius 1 is 1.22 bits per heavy atom. The van der Waals surface area contributed by atoms with E-state index in [1.165, 1.54) is 0 Å². The third kappa shape index (κ3) is 2.69. The van der Waals surface area contributed by atoms with Gasteiger partial charge in [0.2, 0.25) is 0 Å². The summed E-state index contributed by atoms with van der Waals surface area (Å²) in [6, 6.07) is 1.41. The first kappa shape index (κ1) is 13.4. The molecule has 18 heavy (non-hydrogen) atoms. The number of rotatable bonds is 5. The molecule has 0 saturated heterocycles. The minimum Gasteiger partial charge on any atom is -0.310 e. The fourth-order valence-corrected chi connectivity index (χ4v) is 2.38. The van der Waals surface area contributed by atoms with Crippen LogP contribution >= 0.6 is 0 Å². The maximum Gasteiger partial charge on any atom is 0.161 e. The predicted octanol–water partition coefficient (Wildman–Crippen LogP) is 3.80. The predicted molar refractivity (Wildman–Crippen MR) is 64.6 cm³/mol. The quantitative estimate of drug-likeness (QED) is 0.791. The van der Waals surface area contributed by atoms with Crippen molar-refractivity contribution < 1.29 is 13.2 Å². The third-order valence-electron chi connectivity index (χ3n) is 3.59. The van der Waals surface area contributed by atoms with Crippen LogP contribution in [0.4, 0.5) is 13.2 Å². The van der Waals surface area contributed by atoms with Crippen molar-refractivity contribution in [2.75, 3.05) is 6.54 Å². The lowest BCUT2D eigenvalue weighted by atomic mass is 10.00. The molecule has 0 heterocycles. The summed E-state index contributed by atoms with van der Waals surface area (Å²) < 4.78 is 40.0. The maximum atomic E-state index is 13.8. The molecule has 0 amide bonds. The lowest BCUT2D eigenvalue weighted by Crippen LogP contribution is -2.25. The maximum absolute atomic E-state index is 13.8. The largest absolute Gasteiger partial charge is 0.310 e. The highest BCUT2D eigenvalue weighted by Gasteiger charge is 2.41. The highest BCUT2D eigenvalue weighted by Crippen LogP contribution is 2.47. The normalized spacial score (nSPS) is 24.1. The molecule has 1 saturated carbocycles. The van der Waals surface area contributed by atoms with E-state index >= 15 is 0 Å². The van der Waals surface area contributed by atoms with Crippen LogP contribution in [0.15, 0.2) is 12.1 Å². The van der Waals surface area contributed by atoms with Gasteiger partial charge in [-0.3, -0.25) is 0 Å². The fraction of sp³-hybridized carbons (Fsp3) is 0.571. The second kappa shape index (κ2) is 5.31. The van der Waals surface area contributed by atoms with Crippen molar-refractivity contribution in [1.29, 1.82) is 0 Å². The average molecular weight is 257 g/mol. The van der Waals surface area contributed by atoms with Gasteiger partial charge in [0.25, 0.3) is 0 Å². The second-order valence-corrected chi connectivity index (χ2v) is 5.10. The van der Waals surface area contributed by atoms with Gasteiger partial charge in [-0.15, -0.1) is 0 Å². The monoisotopic (exact) mass is 257 g/mol. The minimum atomic E-state index is -1.13. The molecule has 3 unspecified atom stereocenters. The summed E-state index contributed by atoms with van der Waals surface area (Å²) in [7, 11) is 0. The molecule has 1 N–H and O–H groups in total. The van der Waals surface area contributed by atoms with Crippen LogP contribution in [0.5, 0.6) is 0 Å². The summed E-state index contributed by atoms with van der Waals surface area (Å²) >= 11 is 0. The Balaban J connectivity index is 2.27. The van der Waals surface area contributed by atoms with Gasteiger partial charge in [-0.25, -0.2) is 13.2 Å². The highest BCUT2D eigenvalue weighted by molar-refractivity contribution is 5.25. The molecule has 1 aromatic carbocycles. The van der Waals surface area contributed by atoms with E-state index in [1.807, 2.05) is 6.92 Å². The van der Waals surface area contributed by atoms with Crippen LogP contribution in [0.25, 0.3) is 0 Å². The zero-order valence-corrected chi connectivity index (χ0v) is 10.6. The molecule has 1 aliphatic rings. The van der Waals surface area contributed by atoms with E-state index in [0.29, 0.717) is 17.9 Å². The van der Waals surface area contributed by atoms with Crippen LogP contribution in [0.2, 0.25) is 0 Å². The van der Waals surface area contributed by atoms with E-state index in [-0.39, 0.29) is 11.6 Å². The van der Waals surface area contributed by atoms with Crippen molar-refractivity contribution in [3.05, 3.63) is 35.1 Å². The van der Waals surface area contributed by atoms with Crippen LogP contribution in [0, 0.1) is 29.3 Å². The molecule has 1 aromatic rings. The SMILES string of the molecule is CCCNC(c1cc(F)c(F)cc1F)C1CC1C. The standard InChI is InChI=1S/C14H18F3N/c1-3-4-18-14(9-5-8(9)2)10-6-12(16)13(17)7-11(10)15/h6-9,14,18H,3-5H2,1-2H3. The topological polar surface area (TPSA) is 12.0 Å². The van der Waals surface area contributed by atoms with Crippen molar-refractivity contribution in [3.8, 4) is 0 Å². The number of halogens is 3. The van der Waals surface area contributed by atoms with Gasteiger partial charge in [0.05, 0.1) is 0 Å². The van der Waals surface area contributed by atoms with Crippen LogP contribution in [-0.4, -0.2) is 6.54 Å². The van der Waals surface area contributed by atoms with E-state index in [0.717, 1.165) is 25.5 Å². The van der Waals surface area contributed by atoms with Crippen molar-refractivity contribution in [1.82, 2.24) is 5.32 Å². The number of nitrogens with one attached hydrogen (secondary N) is 1. The summed E-state index contributed by atoms with van der Waals surface area (Å²) in [5.74, 6) is -1.96. The van der Waals surface area contributed by atoms with Gasteiger partial charge in [-0.2, -0.15) is 0 Å². The Bertz CT molecular complexity index is 433. The summed E-state index contributed by atoms with van der Waals surface area (Å²) in [6.07, 6.45) is 1.92. The van der Waals surface area contributed by atoms with Crippen molar-refractivity contribution in [2.24, 2.45) is 11.8 Å². The molecular weight excluding hydrogens is 239 g/mol. The van der Waals surface area contributed by atoms with E-state index in [1.54, 1.807) is 0 Å². The first-order valence-corrected chi connectivity index (χ1v) is 6.42. The summed E-state index contributed by atoms with van der Waals surface area (Å²) in [6.45, 7) is 4.84. The van der Waals surface area contributed by atoms with E-state index in [2.05, 4.69) is 12.2 Å². The zero-order valence-electron chi connectivity index (χ0n) is 10.6. The fourth-order valence-electron chi connectivity index (χ4n) is 2.38. The van der Waals surface area contributed by atoms with Gasteiger partial charge >= 0.3 is 0 Å². The molecule has 0 aliphatic heterocycles. The molecule has 1 aliphatic carbocycles. The molecule has 3 atom stereocenters.